The Morgan fingerprint density at radius 1 is 1.00 bits per heavy atom. The molecular weight excluding hydrogens is 327 g/mol. The number of aromatic amines is 1. The van der Waals surface area contributed by atoms with Gasteiger partial charge in [0, 0.05) is 11.4 Å². The molecule has 4 nitrogen and oxygen atoms in total. The van der Waals surface area contributed by atoms with Crippen LogP contribution < -0.4 is 5.32 Å². The highest BCUT2D eigenvalue weighted by molar-refractivity contribution is 6.31. The van der Waals surface area contributed by atoms with Gasteiger partial charge in [-0.15, -0.1) is 0 Å². The number of aromatic nitrogens is 3. The van der Waals surface area contributed by atoms with Gasteiger partial charge in [-0.1, -0.05) is 41.9 Å². The molecule has 0 amide bonds. The van der Waals surface area contributed by atoms with E-state index in [1.807, 2.05) is 36.4 Å². The van der Waals surface area contributed by atoms with Crippen LogP contribution in [0.3, 0.4) is 0 Å². The lowest BCUT2D eigenvalue weighted by molar-refractivity contribution is 0.628. The molecule has 0 bridgehead atoms. The number of hydrogen-bond acceptors (Lipinski definition) is 3. The van der Waals surface area contributed by atoms with Crippen molar-refractivity contribution in [1.82, 2.24) is 15.0 Å². The molecule has 2 N–H and O–H groups in total. The number of nitrogens with one attached hydrogen (secondary N) is 2. The van der Waals surface area contributed by atoms with Gasteiger partial charge in [0.05, 0.1) is 10.4 Å². The summed E-state index contributed by atoms with van der Waals surface area (Å²) in [5.74, 6) is 0.171. The molecule has 6 heteroatoms. The molecule has 2 aromatic heterocycles. The fraction of sp³-hybridized carbons (Fsp3) is 0. The third kappa shape index (κ3) is 2.70. The van der Waals surface area contributed by atoms with Crippen LogP contribution in [-0.2, 0) is 0 Å². The molecular formula is C18H12ClFN4. The molecule has 4 aromatic rings. The number of H-pyrrole nitrogens is 1. The first-order chi connectivity index (χ1) is 11.7. The van der Waals surface area contributed by atoms with Crippen LogP contribution in [0.4, 0.5) is 15.9 Å². The molecule has 0 aliphatic rings. The molecule has 2 aromatic carbocycles. The van der Waals surface area contributed by atoms with Crippen LogP contribution in [0.25, 0.3) is 22.3 Å². The highest BCUT2D eigenvalue weighted by Crippen LogP contribution is 2.29. The van der Waals surface area contributed by atoms with Gasteiger partial charge in [-0.2, -0.15) is 0 Å². The number of benzene rings is 2. The summed E-state index contributed by atoms with van der Waals surface area (Å²) in [6, 6.07) is 16.4. The Morgan fingerprint density at radius 2 is 1.83 bits per heavy atom. The van der Waals surface area contributed by atoms with E-state index in [2.05, 4.69) is 20.3 Å². The second kappa shape index (κ2) is 5.94. The Bertz CT molecular complexity index is 1010. The summed E-state index contributed by atoms with van der Waals surface area (Å²) in [6.45, 7) is 0. The van der Waals surface area contributed by atoms with Crippen molar-refractivity contribution in [2.24, 2.45) is 0 Å². The van der Waals surface area contributed by atoms with Crippen molar-refractivity contribution in [1.29, 1.82) is 0 Å². The molecule has 0 aliphatic carbocycles. The van der Waals surface area contributed by atoms with Gasteiger partial charge in [-0.3, -0.25) is 0 Å². The zero-order valence-corrected chi connectivity index (χ0v) is 13.2. The molecule has 0 atom stereocenters. The van der Waals surface area contributed by atoms with Crippen LogP contribution >= 0.6 is 11.6 Å². The fourth-order valence-electron chi connectivity index (χ4n) is 2.52. The minimum absolute atomic E-state index is 0.0596. The molecule has 0 saturated heterocycles. The Balaban J connectivity index is 1.76. The molecule has 0 radical (unpaired) electrons. The van der Waals surface area contributed by atoms with Crippen molar-refractivity contribution >= 4 is 34.1 Å². The largest absolute Gasteiger partial charge is 0.340 e. The maximum Gasteiger partial charge on any atom is 0.143 e. The fourth-order valence-corrected chi connectivity index (χ4v) is 2.70. The second-order valence-corrected chi connectivity index (χ2v) is 5.69. The lowest BCUT2D eigenvalue weighted by atomic mass is 10.1. The van der Waals surface area contributed by atoms with E-state index in [0.29, 0.717) is 11.5 Å². The molecule has 0 fully saturated rings. The summed E-state index contributed by atoms with van der Waals surface area (Å²) in [7, 11) is 0. The molecule has 0 unspecified atom stereocenters. The van der Waals surface area contributed by atoms with Crippen LogP contribution in [0.15, 0.2) is 60.9 Å². The van der Waals surface area contributed by atoms with Crippen LogP contribution in [0, 0.1) is 5.82 Å². The van der Waals surface area contributed by atoms with Gasteiger partial charge in [-0.25, -0.2) is 14.4 Å². The first kappa shape index (κ1) is 14.7. The van der Waals surface area contributed by atoms with Gasteiger partial charge in [0.15, 0.2) is 0 Å². The number of anilines is 2. The van der Waals surface area contributed by atoms with E-state index in [4.69, 9.17) is 11.6 Å². The highest BCUT2D eigenvalue weighted by Gasteiger charge is 2.10. The molecule has 24 heavy (non-hydrogen) atoms. The third-order valence-corrected chi connectivity index (χ3v) is 3.98. The van der Waals surface area contributed by atoms with Gasteiger partial charge in [0.1, 0.15) is 23.6 Å². The lowest BCUT2D eigenvalue weighted by Crippen LogP contribution is -1.95. The number of hydrogen-bond donors (Lipinski definition) is 2. The summed E-state index contributed by atoms with van der Waals surface area (Å²) in [4.78, 5) is 11.8. The van der Waals surface area contributed by atoms with E-state index in [9.17, 15) is 4.39 Å². The summed E-state index contributed by atoms with van der Waals surface area (Å²) >= 11 is 5.83. The SMILES string of the molecule is Fc1ccc(Nc2ncnc3[nH]c(-c4ccccc4)cc23)cc1Cl. The number of nitrogens with zero attached hydrogens (tertiary/aromatic N) is 2. The van der Waals surface area contributed by atoms with Crippen molar-refractivity contribution in [3.8, 4) is 11.3 Å². The molecule has 0 aliphatic heterocycles. The van der Waals surface area contributed by atoms with E-state index in [1.54, 1.807) is 6.07 Å². The molecule has 118 valence electrons. The number of halogens is 2. The van der Waals surface area contributed by atoms with Crippen molar-refractivity contribution in [2.45, 2.75) is 0 Å². The quantitative estimate of drug-likeness (QED) is 0.542. The number of fused-ring (bicyclic) bond motifs is 1. The van der Waals surface area contributed by atoms with Crippen LogP contribution in [0.2, 0.25) is 5.02 Å². The average molecular weight is 339 g/mol. The van der Waals surface area contributed by atoms with E-state index in [0.717, 1.165) is 22.3 Å². The van der Waals surface area contributed by atoms with Crippen molar-refractivity contribution < 1.29 is 4.39 Å². The lowest BCUT2D eigenvalue weighted by Gasteiger charge is -2.06. The zero-order valence-electron chi connectivity index (χ0n) is 12.4. The van der Waals surface area contributed by atoms with Crippen molar-refractivity contribution in [3.05, 3.63) is 71.8 Å². The van der Waals surface area contributed by atoms with Crippen LogP contribution in [0.5, 0.6) is 0 Å². The zero-order chi connectivity index (χ0) is 16.5. The summed E-state index contributed by atoms with van der Waals surface area (Å²) in [5, 5.41) is 4.06. The third-order valence-electron chi connectivity index (χ3n) is 3.69. The molecule has 2 heterocycles. The van der Waals surface area contributed by atoms with E-state index in [1.165, 1.54) is 18.5 Å². The monoisotopic (exact) mass is 338 g/mol. The minimum Gasteiger partial charge on any atom is -0.340 e. The summed E-state index contributed by atoms with van der Waals surface area (Å²) in [5.41, 5.74) is 3.39. The van der Waals surface area contributed by atoms with Crippen molar-refractivity contribution in [3.63, 3.8) is 0 Å². The van der Waals surface area contributed by atoms with Gasteiger partial charge < -0.3 is 10.3 Å². The standard InChI is InChI=1S/C18H12ClFN4/c19-14-8-12(6-7-15(14)20)23-17-13-9-16(11-4-2-1-3-5-11)24-18(13)22-10-21-17/h1-10H,(H2,21,22,23,24). The summed E-state index contributed by atoms with van der Waals surface area (Å²) < 4.78 is 13.3. The van der Waals surface area contributed by atoms with Gasteiger partial charge in [-0.05, 0) is 29.8 Å². The Labute approximate surface area is 142 Å². The van der Waals surface area contributed by atoms with Crippen LogP contribution in [-0.4, -0.2) is 15.0 Å². The molecule has 4 rings (SSSR count). The van der Waals surface area contributed by atoms with Gasteiger partial charge in [0.2, 0.25) is 0 Å². The Hall–Kier alpha value is -2.92. The van der Waals surface area contributed by atoms with Gasteiger partial charge >= 0.3 is 0 Å². The predicted octanol–water partition coefficient (Wildman–Crippen LogP) is 5.16. The first-order valence-electron chi connectivity index (χ1n) is 7.32. The average Bonchev–Trinajstić information content (AvgIpc) is 3.04. The number of rotatable bonds is 3. The van der Waals surface area contributed by atoms with E-state index in [-0.39, 0.29) is 5.02 Å². The minimum atomic E-state index is -0.456. The maximum atomic E-state index is 13.3. The van der Waals surface area contributed by atoms with E-state index >= 15 is 0 Å². The topological polar surface area (TPSA) is 53.6 Å². The Morgan fingerprint density at radius 3 is 2.62 bits per heavy atom. The van der Waals surface area contributed by atoms with E-state index < -0.39 is 5.82 Å². The Kier molecular flexibility index (Phi) is 3.63. The first-order valence-corrected chi connectivity index (χ1v) is 7.70. The molecule has 0 saturated carbocycles. The smallest absolute Gasteiger partial charge is 0.143 e. The predicted molar refractivity (Wildman–Crippen MR) is 94.0 cm³/mol. The van der Waals surface area contributed by atoms with Gasteiger partial charge in [0.25, 0.3) is 0 Å². The highest BCUT2D eigenvalue weighted by atomic mass is 35.5. The van der Waals surface area contributed by atoms with Crippen molar-refractivity contribution in [2.75, 3.05) is 5.32 Å². The van der Waals surface area contributed by atoms with Crippen LogP contribution in [0.1, 0.15) is 0 Å². The maximum absolute atomic E-state index is 13.3. The normalized spacial score (nSPS) is 10.9. The second-order valence-electron chi connectivity index (χ2n) is 5.29. The summed E-state index contributed by atoms with van der Waals surface area (Å²) in [6.07, 6.45) is 1.47. The molecule has 0 spiro atoms.